The number of halogens is 2. The number of phenols is 1. The van der Waals surface area contributed by atoms with Gasteiger partial charge >= 0.3 is 0 Å². The fourth-order valence-corrected chi connectivity index (χ4v) is 4.02. The Morgan fingerprint density at radius 1 is 0.844 bits per heavy atom. The number of anilines is 2. The first-order valence-electron chi connectivity index (χ1n) is 10.7. The van der Waals surface area contributed by atoms with E-state index in [1.54, 1.807) is 12.1 Å². The average molecular weight is 468 g/mol. The van der Waals surface area contributed by atoms with Crippen LogP contribution in [0.25, 0.3) is 12.2 Å². The van der Waals surface area contributed by atoms with Gasteiger partial charge < -0.3 is 20.2 Å². The molecule has 3 aromatic carbocycles. The zero-order valence-corrected chi connectivity index (χ0v) is 19.6. The van der Waals surface area contributed by atoms with Crippen LogP contribution in [-0.4, -0.2) is 43.2 Å². The summed E-state index contributed by atoms with van der Waals surface area (Å²) in [5.74, 6) is 0.276. The molecule has 4 nitrogen and oxygen atoms in total. The third-order valence-electron chi connectivity index (χ3n) is 5.73. The zero-order valence-electron chi connectivity index (χ0n) is 18.1. The molecule has 0 aromatic heterocycles. The van der Waals surface area contributed by atoms with E-state index in [9.17, 15) is 5.11 Å². The topological polar surface area (TPSA) is 38.7 Å². The first-order chi connectivity index (χ1) is 15.5. The molecule has 1 heterocycles. The average Bonchev–Trinajstić information content (AvgIpc) is 2.81. The van der Waals surface area contributed by atoms with Crippen molar-refractivity contribution in [2.24, 2.45) is 0 Å². The van der Waals surface area contributed by atoms with E-state index in [0.717, 1.165) is 48.6 Å². The maximum Gasteiger partial charge on any atom is 0.120 e. The van der Waals surface area contributed by atoms with E-state index < -0.39 is 0 Å². The standard InChI is InChI=1S/C26H27Cl2N3O/c1-30-12-14-31(15-13-30)23-8-6-22(7-9-23)29-18-21-16-19(5-11-26(21)32)2-3-20-4-10-24(27)25(28)17-20/h2-11,16-17,29,32H,12-15,18H2,1H3/b3-2+. The van der Waals surface area contributed by atoms with Crippen LogP contribution >= 0.6 is 23.2 Å². The van der Waals surface area contributed by atoms with Gasteiger partial charge in [-0.05, 0) is 66.7 Å². The van der Waals surface area contributed by atoms with Crippen molar-refractivity contribution in [1.29, 1.82) is 0 Å². The van der Waals surface area contributed by atoms with E-state index in [0.29, 0.717) is 16.6 Å². The summed E-state index contributed by atoms with van der Waals surface area (Å²) in [6, 6.07) is 19.6. The molecule has 0 amide bonds. The third kappa shape index (κ3) is 5.77. The molecule has 1 fully saturated rings. The number of aromatic hydroxyl groups is 1. The van der Waals surface area contributed by atoms with Gasteiger partial charge in [0.1, 0.15) is 5.75 Å². The van der Waals surface area contributed by atoms with Crippen molar-refractivity contribution in [2.75, 3.05) is 43.4 Å². The van der Waals surface area contributed by atoms with Crippen LogP contribution in [0, 0.1) is 0 Å². The Bertz CT molecular complexity index is 1090. The smallest absolute Gasteiger partial charge is 0.120 e. The Morgan fingerprint density at radius 2 is 1.50 bits per heavy atom. The van der Waals surface area contributed by atoms with Crippen LogP contribution in [0.2, 0.25) is 10.0 Å². The van der Waals surface area contributed by atoms with E-state index >= 15 is 0 Å². The summed E-state index contributed by atoms with van der Waals surface area (Å²) in [6.07, 6.45) is 3.97. The van der Waals surface area contributed by atoms with E-state index in [2.05, 4.69) is 46.4 Å². The van der Waals surface area contributed by atoms with Crippen LogP contribution < -0.4 is 10.2 Å². The van der Waals surface area contributed by atoms with Crippen LogP contribution in [-0.2, 0) is 6.54 Å². The molecular weight excluding hydrogens is 441 g/mol. The number of nitrogens with zero attached hydrogens (tertiary/aromatic N) is 2. The normalized spacial score (nSPS) is 14.8. The maximum atomic E-state index is 10.3. The zero-order chi connectivity index (χ0) is 22.5. The number of phenolic OH excluding ortho intramolecular Hbond substituents is 1. The highest BCUT2D eigenvalue weighted by Gasteiger charge is 2.14. The minimum absolute atomic E-state index is 0.276. The van der Waals surface area contributed by atoms with Crippen molar-refractivity contribution >= 4 is 46.7 Å². The number of nitrogens with one attached hydrogen (secondary N) is 1. The Hall–Kier alpha value is -2.66. The van der Waals surface area contributed by atoms with Crippen LogP contribution in [0.15, 0.2) is 60.7 Å². The Balaban J connectivity index is 1.39. The number of piperazine rings is 1. The number of hydrogen-bond acceptors (Lipinski definition) is 4. The van der Waals surface area contributed by atoms with Crippen molar-refractivity contribution < 1.29 is 5.11 Å². The lowest BCUT2D eigenvalue weighted by Gasteiger charge is -2.34. The molecule has 1 aliphatic heterocycles. The van der Waals surface area contributed by atoms with Gasteiger partial charge in [-0.2, -0.15) is 0 Å². The number of rotatable bonds is 6. The van der Waals surface area contributed by atoms with Gasteiger partial charge in [-0.25, -0.2) is 0 Å². The second kappa shape index (κ2) is 10.3. The summed E-state index contributed by atoms with van der Waals surface area (Å²) >= 11 is 12.1. The molecule has 0 spiro atoms. The van der Waals surface area contributed by atoms with Gasteiger partial charge in [0.05, 0.1) is 10.0 Å². The molecule has 3 aromatic rings. The van der Waals surface area contributed by atoms with E-state index in [-0.39, 0.29) is 5.75 Å². The Morgan fingerprint density at radius 3 is 2.19 bits per heavy atom. The molecule has 1 saturated heterocycles. The van der Waals surface area contributed by atoms with Crippen LogP contribution in [0.1, 0.15) is 16.7 Å². The van der Waals surface area contributed by atoms with Crippen molar-refractivity contribution in [2.45, 2.75) is 6.54 Å². The van der Waals surface area contributed by atoms with Gasteiger partial charge in [0.25, 0.3) is 0 Å². The largest absolute Gasteiger partial charge is 0.508 e. The van der Waals surface area contributed by atoms with Gasteiger partial charge in [0.15, 0.2) is 0 Å². The van der Waals surface area contributed by atoms with Crippen molar-refractivity contribution in [1.82, 2.24) is 4.90 Å². The summed E-state index contributed by atoms with van der Waals surface area (Å²) in [5.41, 5.74) is 5.08. The van der Waals surface area contributed by atoms with Gasteiger partial charge in [-0.15, -0.1) is 0 Å². The second-order valence-corrected chi connectivity index (χ2v) is 8.90. The number of benzene rings is 3. The predicted octanol–water partition coefficient (Wildman–Crippen LogP) is 6.23. The van der Waals surface area contributed by atoms with E-state index in [1.165, 1.54) is 5.69 Å². The molecule has 166 valence electrons. The lowest BCUT2D eigenvalue weighted by molar-refractivity contribution is 0.313. The second-order valence-electron chi connectivity index (χ2n) is 8.09. The van der Waals surface area contributed by atoms with Gasteiger partial charge in [0.2, 0.25) is 0 Å². The molecule has 6 heteroatoms. The highest BCUT2D eigenvalue weighted by molar-refractivity contribution is 6.42. The molecule has 0 atom stereocenters. The van der Waals surface area contributed by atoms with Crippen molar-refractivity contribution in [3.05, 3.63) is 87.4 Å². The Labute approximate surface area is 199 Å². The van der Waals surface area contributed by atoms with Crippen molar-refractivity contribution in [3.8, 4) is 5.75 Å². The summed E-state index contributed by atoms with van der Waals surface area (Å²) in [4.78, 5) is 4.77. The predicted molar refractivity (Wildman–Crippen MR) is 137 cm³/mol. The molecule has 0 unspecified atom stereocenters. The van der Waals surface area contributed by atoms with Crippen molar-refractivity contribution in [3.63, 3.8) is 0 Å². The van der Waals surface area contributed by atoms with Crippen LogP contribution in [0.5, 0.6) is 5.75 Å². The van der Waals surface area contributed by atoms with E-state index in [4.69, 9.17) is 23.2 Å². The molecule has 0 aliphatic carbocycles. The Kier molecular flexibility index (Phi) is 7.26. The molecule has 0 bridgehead atoms. The summed E-state index contributed by atoms with van der Waals surface area (Å²) in [6.45, 7) is 4.83. The lowest BCUT2D eigenvalue weighted by atomic mass is 10.1. The van der Waals surface area contributed by atoms with Crippen LogP contribution in [0.3, 0.4) is 0 Å². The number of hydrogen-bond donors (Lipinski definition) is 2. The van der Waals surface area contributed by atoms with Gasteiger partial charge in [-0.3, -0.25) is 0 Å². The fourth-order valence-electron chi connectivity index (χ4n) is 3.71. The first kappa shape index (κ1) is 22.5. The highest BCUT2D eigenvalue weighted by atomic mass is 35.5. The minimum Gasteiger partial charge on any atom is -0.508 e. The van der Waals surface area contributed by atoms with E-state index in [1.807, 2.05) is 36.4 Å². The SMILES string of the molecule is CN1CCN(c2ccc(NCc3cc(/C=C/c4ccc(Cl)c(Cl)c4)ccc3O)cc2)CC1. The summed E-state index contributed by atoms with van der Waals surface area (Å²) in [5, 5.41) is 14.8. The summed E-state index contributed by atoms with van der Waals surface area (Å²) in [7, 11) is 2.16. The third-order valence-corrected chi connectivity index (χ3v) is 6.47. The van der Waals surface area contributed by atoms with Gasteiger partial charge in [0, 0.05) is 49.7 Å². The highest BCUT2D eigenvalue weighted by Crippen LogP contribution is 2.25. The monoisotopic (exact) mass is 467 g/mol. The number of likely N-dealkylation sites (N-methyl/N-ethyl adjacent to an activating group) is 1. The fraction of sp³-hybridized carbons (Fsp3) is 0.231. The molecule has 0 saturated carbocycles. The lowest BCUT2D eigenvalue weighted by Crippen LogP contribution is -2.44. The minimum atomic E-state index is 0.276. The summed E-state index contributed by atoms with van der Waals surface area (Å²) < 4.78 is 0. The molecule has 32 heavy (non-hydrogen) atoms. The molecule has 2 N–H and O–H groups in total. The molecule has 1 aliphatic rings. The van der Waals surface area contributed by atoms with Crippen LogP contribution in [0.4, 0.5) is 11.4 Å². The molecular formula is C26H27Cl2N3O. The molecule has 4 rings (SSSR count). The molecule has 0 radical (unpaired) electrons. The first-order valence-corrected chi connectivity index (χ1v) is 11.5. The quantitative estimate of drug-likeness (QED) is 0.421. The van der Waals surface area contributed by atoms with Gasteiger partial charge in [-0.1, -0.05) is 47.5 Å². The maximum absolute atomic E-state index is 10.3.